The second-order valence-electron chi connectivity index (χ2n) is 11.0. The molecule has 1 N–H and O–H groups in total. The second-order valence-corrected chi connectivity index (χ2v) is 11.4. The van der Waals surface area contributed by atoms with Gasteiger partial charge in [0.2, 0.25) is 23.1 Å². The van der Waals surface area contributed by atoms with Gasteiger partial charge >= 0.3 is 0 Å². The maximum atomic E-state index is 14.9. The van der Waals surface area contributed by atoms with Gasteiger partial charge in [-0.3, -0.25) is 9.59 Å². The average Bonchev–Trinajstić information content (AvgIpc) is 3.76. The molecule has 7 rings (SSSR count). The number of carbonyl (C=O) groups excluding carboxylic acids is 2. The molecule has 232 valence electrons. The fourth-order valence-electron chi connectivity index (χ4n) is 6.35. The zero-order valence-corrected chi connectivity index (χ0v) is 25.8. The van der Waals surface area contributed by atoms with Crippen molar-refractivity contribution in [2.24, 2.45) is 13.0 Å². The summed E-state index contributed by atoms with van der Waals surface area (Å²) in [4.78, 5) is 37.9. The Kier molecular flexibility index (Phi) is 6.73. The number of nitrogens with zero attached hydrogens (tertiary/aromatic N) is 5. The van der Waals surface area contributed by atoms with Crippen LogP contribution in [0.2, 0.25) is 5.02 Å². The van der Waals surface area contributed by atoms with Gasteiger partial charge in [0.1, 0.15) is 46.9 Å². The minimum atomic E-state index is -1.89. The van der Waals surface area contributed by atoms with Crippen molar-refractivity contribution in [3.05, 3.63) is 76.2 Å². The number of ether oxygens (including phenoxy) is 5. The van der Waals surface area contributed by atoms with Crippen molar-refractivity contribution in [3.8, 4) is 28.7 Å². The lowest BCUT2D eigenvalue weighted by Gasteiger charge is -2.41. The van der Waals surface area contributed by atoms with Crippen molar-refractivity contribution in [1.29, 1.82) is 0 Å². The molecule has 4 aromatic rings. The van der Waals surface area contributed by atoms with Gasteiger partial charge in [0, 0.05) is 42.7 Å². The number of methoxy groups -OCH3 is 3. The number of anilines is 1. The van der Waals surface area contributed by atoms with Gasteiger partial charge < -0.3 is 33.6 Å². The highest BCUT2D eigenvalue weighted by Gasteiger charge is 2.63. The Morgan fingerprint density at radius 3 is 2.53 bits per heavy atom. The van der Waals surface area contributed by atoms with E-state index in [2.05, 4.69) is 20.4 Å². The van der Waals surface area contributed by atoms with Gasteiger partial charge in [-0.1, -0.05) is 24.6 Å². The summed E-state index contributed by atoms with van der Waals surface area (Å²) in [6, 6.07) is 6.14. The smallest absolute Gasteiger partial charge is 0.236 e. The van der Waals surface area contributed by atoms with E-state index in [1.54, 1.807) is 29.9 Å². The third-order valence-corrected chi connectivity index (χ3v) is 9.02. The summed E-state index contributed by atoms with van der Waals surface area (Å²) < 4.78 is 32.5. The standard InChI is InChI=1S/C31H29ClN6O7/c1-15-10-17-23(28(39)31(15)29(40)24-20(42-4)12-21(43-5)25(32)27(24)45-31)26(38-30(36-17)34-14-35-38)16-6-7-18(19(11-16)41-3)44-13-22-33-8-9-37(22)2/h6-9,11-12,14-15,26H,10,13H2,1-5H3,(H,34,35,36). The van der Waals surface area contributed by atoms with Crippen LogP contribution in [0.5, 0.6) is 28.7 Å². The highest BCUT2D eigenvalue weighted by molar-refractivity contribution is 6.36. The molecule has 3 atom stereocenters. The molecule has 2 aromatic heterocycles. The minimum Gasteiger partial charge on any atom is -0.496 e. The van der Waals surface area contributed by atoms with E-state index in [9.17, 15) is 9.59 Å². The largest absolute Gasteiger partial charge is 0.496 e. The number of rotatable bonds is 7. The number of ketones is 2. The van der Waals surface area contributed by atoms with Crippen LogP contribution in [0.4, 0.5) is 5.95 Å². The zero-order chi connectivity index (χ0) is 31.6. The first-order valence-corrected chi connectivity index (χ1v) is 14.5. The molecule has 2 aromatic carbocycles. The van der Waals surface area contributed by atoms with Crippen LogP contribution < -0.4 is 29.0 Å². The second kappa shape index (κ2) is 10.5. The molecule has 0 bridgehead atoms. The lowest BCUT2D eigenvalue weighted by Crippen LogP contribution is -2.58. The summed E-state index contributed by atoms with van der Waals surface area (Å²) in [5, 5.41) is 7.79. The molecular formula is C31H29ClN6O7. The quantitative estimate of drug-likeness (QED) is 0.294. The number of allylic oxidation sites excluding steroid dienone is 1. The van der Waals surface area contributed by atoms with E-state index in [0.717, 1.165) is 5.82 Å². The molecule has 14 heteroatoms. The molecule has 13 nitrogen and oxygen atoms in total. The lowest BCUT2D eigenvalue weighted by molar-refractivity contribution is -0.130. The Morgan fingerprint density at radius 2 is 1.82 bits per heavy atom. The van der Waals surface area contributed by atoms with E-state index in [1.807, 2.05) is 23.9 Å². The molecule has 3 aliphatic rings. The van der Waals surface area contributed by atoms with Crippen LogP contribution in [-0.2, 0) is 18.4 Å². The number of aryl methyl sites for hydroxylation is 1. The molecule has 2 aliphatic heterocycles. The topological polar surface area (TPSA) is 141 Å². The number of imidazole rings is 1. The molecule has 4 heterocycles. The van der Waals surface area contributed by atoms with Gasteiger partial charge in [0.25, 0.3) is 0 Å². The third kappa shape index (κ3) is 4.10. The van der Waals surface area contributed by atoms with Crippen molar-refractivity contribution < 1.29 is 33.3 Å². The van der Waals surface area contributed by atoms with Gasteiger partial charge in [-0.05, 0) is 24.1 Å². The molecule has 45 heavy (non-hydrogen) atoms. The van der Waals surface area contributed by atoms with Gasteiger partial charge in [0.05, 0.1) is 21.3 Å². The molecule has 1 spiro atoms. The van der Waals surface area contributed by atoms with Crippen LogP contribution in [-0.4, -0.2) is 62.8 Å². The summed E-state index contributed by atoms with van der Waals surface area (Å²) in [7, 11) is 6.30. The van der Waals surface area contributed by atoms with Gasteiger partial charge in [-0.25, -0.2) is 9.67 Å². The van der Waals surface area contributed by atoms with Crippen LogP contribution in [0.15, 0.2) is 54.3 Å². The van der Waals surface area contributed by atoms with Crippen LogP contribution >= 0.6 is 11.6 Å². The van der Waals surface area contributed by atoms with Crippen LogP contribution in [0.25, 0.3) is 0 Å². The molecule has 0 amide bonds. The predicted octanol–water partition coefficient (Wildman–Crippen LogP) is 4.16. The number of fused-ring (bicyclic) bond motifs is 2. The summed E-state index contributed by atoms with van der Waals surface area (Å²) >= 11 is 6.63. The number of Topliss-reactive ketones (excluding diaryl/α,β-unsaturated/α-hetero) is 2. The fourth-order valence-corrected chi connectivity index (χ4v) is 6.61. The normalized spacial score (nSPS) is 21.6. The first-order valence-electron chi connectivity index (χ1n) is 14.1. The van der Waals surface area contributed by atoms with E-state index < -0.39 is 29.1 Å². The molecule has 0 radical (unpaired) electrons. The summed E-state index contributed by atoms with van der Waals surface area (Å²) in [5.41, 5.74) is -0.184. The van der Waals surface area contributed by atoms with Crippen molar-refractivity contribution in [3.63, 3.8) is 0 Å². The number of hydrogen-bond acceptors (Lipinski definition) is 11. The van der Waals surface area contributed by atoms with E-state index >= 15 is 0 Å². The summed E-state index contributed by atoms with van der Waals surface area (Å²) in [6.07, 6.45) is 5.25. The fraction of sp³-hybridized carbons (Fsp3) is 0.323. The van der Waals surface area contributed by atoms with E-state index in [4.69, 9.17) is 35.3 Å². The Bertz CT molecular complexity index is 1920. The SMILES string of the molecule is COc1cc(C2C3=C(CC(C)C4(Oc5c(Cl)c(OC)cc(OC)c5C4=O)C3=O)Nc3ncnn32)ccc1OCc1nccn1C. The first-order chi connectivity index (χ1) is 21.7. The van der Waals surface area contributed by atoms with Gasteiger partial charge in [-0.15, -0.1) is 0 Å². The van der Waals surface area contributed by atoms with E-state index in [1.165, 1.54) is 33.7 Å². The minimum absolute atomic E-state index is 0.0553. The Labute approximate surface area is 262 Å². The average molecular weight is 633 g/mol. The molecule has 0 fully saturated rings. The van der Waals surface area contributed by atoms with Crippen molar-refractivity contribution in [1.82, 2.24) is 24.3 Å². The maximum Gasteiger partial charge on any atom is 0.236 e. The highest BCUT2D eigenvalue weighted by Crippen LogP contribution is 2.55. The van der Waals surface area contributed by atoms with Crippen molar-refractivity contribution >= 4 is 29.1 Å². The van der Waals surface area contributed by atoms with E-state index in [0.29, 0.717) is 40.7 Å². The number of carbonyl (C=O) groups is 2. The predicted molar refractivity (Wildman–Crippen MR) is 160 cm³/mol. The van der Waals surface area contributed by atoms with Gasteiger partial charge in [0.15, 0.2) is 17.2 Å². The highest BCUT2D eigenvalue weighted by atomic mass is 35.5. The molecule has 0 saturated carbocycles. The molecular weight excluding hydrogens is 604 g/mol. The zero-order valence-electron chi connectivity index (χ0n) is 25.1. The lowest BCUT2D eigenvalue weighted by atomic mass is 9.69. The number of nitrogens with one attached hydrogen (secondary N) is 1. The number of aromatic nitrogens is 5. The Morgan fingerprint density at radius 1 is 1.04 bits per heavy atom. The van der Waals surface area contributed by atoms with Crippen LogP contribution in [0.3, 0.4) is 0 Å². The Hall–Kier alpha value is -5.04. The molecule has 1 aliphatic carbocycles. The number of halogens is 1. The maximum absolute atomic E-state index is 14.9. The van der Waals surface area contributed by atoms with Crippen molar-refractivity contribution in [2.45, 2.75) is 31.6 Å². The van der Waals surface area contributed by atoms with Gasteiger partial charge in [-0.2, -0.15) is 10.1 Å². The summed E-state index contributed by atoms with van der Waals surface area (Å²) in [6.45, 7) is 2.03. The van der Waals surface area contributed by atoms with Crippen molar-refractivity contribution in [2.75, 3.05) is 26.6 Å². The molecule has 0 saturated heterocycles. The molecule has 3 unspecified atom stereocenters. The van der Waals surface area contributed by atoms with Crippen LogP contribution in [0.1, 0.15) is 41.1 Å². The monoisotopic (exact) mass is 632 g/mol. The third-order valence-electron chi connectivity index (χ3n) is 8.66. The summed E-state index contributed by atoms with van der Waals surface area (Å²) in [5.74, 6) is 1.04. The Balaban J connectivity index is 1.32. The first kappa shape index (κ1) is 28.7. The number of hydrogen-bond donors (Lipinski definition) is 1. The van der Waals surface area contributed by atoms with Crippen LogP contribution in [0, 0.1) is 5.92 Å². The van der Waals surface area contributed by atoms with E-state index in [-0.39, 0.29) is 34.4 Å². The number of benzene rings is 2.